The number of hydrogen-bond acceptors (Lipinski definition) is 5. The third-order valence-corrected chi connectivity index (χ3v) is 5.73. The Kier molecular flexibility index (Phi) is 5.28. The Morgan fingerprint density at radius 2 is 2.00 bits per heavy atom. The van der Waals surface area contributed by atoms with E-state index < -0.39 is 11.2 Å². The van der Waals surface area contributed by atoms with E-state index in [0.717, 1.165) is 4.68 Å². The average molecular weight is 483 g/mol. The molecule has 0 aliphatic heterocycles. The van der Waals surface area contributed by atoms with Crippen molar-refractivity contribution < 1.29 is 9.84 Å². The summed E-state index contributed by atoms with van der Waals surface area (Å²) in [5, 5.41) is 14.4. The minimum Gasteiger partial charge on any atom is -0.503 e. The standard InChI is InChI=1S/C17H13Br2N3O4/c1-2-26-12-7-9(13(18)14(19)15(12)23)8-20-22-16(24)10-5-3-4-6-11(10)21-17(22)25/h3-8,23H,2H2,1H3,(H,21,25). The van der Waals surface area contributed by atoms with E-state index in [2.05, 4.69) is 41.9 Å². The van der Waals surface area contributed by atoms with Crippen LogP contribution in [0.25, 0.3) is 10.9 Å². The number of aromatic amines is 1. The summed E-state index contributed by atoms with van der Waals surface area (Å²) < 4.78 is 7.00. The molecule has 26 heavy (non-hydrogen) atoms. The van der Waals surface area contributed by atoms with Gasteiger partial charge in [-0.2, -0.15) is 5.10 Å². The van der Waals surface area contributed by atoms with Gasteiger partial charge in [-0.25, -0.2) is 4.79 Å². The van der Waals surface area contributed by atoms with Gasteiger partial charge in [0.1, 0.15) is 0 Å². The van der Waals surface area contributed by atoms with Gasteiger partial charge in [-0.3, -0.25) is 4.79 Å². The van der Waals surface area contributed by atoms with Gasteiger partial charge in [-0.05, 0) is 57.0 Å². The first-order chi connectivity index (χ1) is 12.4. The van der Waals surface area contributed by atoms with Crippen LogP contribution in [0.15, 0.2) is 54.0 Å². The number of H-pyrrole nitrogens is 1. The molecule has 0 saturated carbocycles. The molecule has 2 N–H and O–H groups in total. The quantitative estimate of drug-likeness (QED) is 0.558. The molecule has 0 aliphatic rings. The van der Waals surface area contributed by atoms with Gasteiger partial charge < -0.3 is 14.8 Å². The Bertz CT molecular complexity index is 1140. The van der Waals surface area contributed by atoms with Gasteiger partial charge in [0.2, 0.25) is 0 Å². The second-order valence-electron chi connectivity index (χ2n) is 5.21. The number of hydrogen-bond donors (Lipinski definition) is 2. The molecular weight excluding hydrogens is 470 g/mol. The molecule has 0 bridgehead atoms. The van der Waals surface area contributed by atoms with Gasteiger partial charge >= 0.3 is 5.69 Å². The van der Waals surface area contributed by atoms with Gasteiger partial charge in [0, 0.05) is 10.0 Å². The van der Waals surface area contributed by atoms with Gasteiger partial charge in [-0.1, -0.05) is 12.1 Å². The van der Waals surface area contributed by atoms with E-state index in [0.29, 0.717) is 32.0 Å². The number of phenols is 1. The predicted molar refractivity (Wildman–Crippen MR) is 106 cm³/mol. The number of para-hydroxylation sites is 1. The van der Waals surface area contributed by atoms with E-state index in [1.54, 1.807) is 37.3 Å². The zero-order valence-electron chi connectivity index (χ0n) is 13.5. The molecule has 0 unspecified atom stereocenters. The molecule has 0 fully saturated rings. The van der Waals surface area contributed by atoms with Crippen LogP contribution in [0.5, 0.6) is 11.5 Å². The Morgan fingerprint density at radius 1 is 1.27 bits per heavy atom. The van der Waals surface area contributed by atoms with Crippen LogP contribution in [0.4, 0.5) is 0 Å². The molecule has 0 atom stereocenters. The molecule has 9 heteroatoms. The fraction of sp³-hybridized carbons (Fsp3) is 0.118. The molecule has 3 rings (SSSR count). The highest BCUT2D eigenvalue weighted by Crippen LogP contribution is 2.41. The third-order valence-electron chi connectivity index (χ3n) is 3.57. The van der Waals surface area contributed by atoms with Crippen molar-refractivity contribution in [2.75, 3.05) is 6.61 Å². The molecule has 1 aromatic heterocycles. The minimum absolute atomic E-state index is 0.0587. The molecule has 3 aromatic rings. The number of halogens is 2. The highest BCUT2D eigenvalue weighted by atomic mass is 79.9. The Balaban J connectivity index is 2.13. The lowest BCUT2D eigenvalue weighted by molar-refractivity contribution is 0.317. The summed E-state index contributed by atoms with van der Waals surface area (Å²) in [4.78, 5) is 27.3. The second-order valence-corrected chi connectivity index (χ2v) is 6.80. The number of fused-ring (bicyclic) bond motifs is 1. The molecule has 1 heterocycles. The summed E-state index contributed by atoms with van der Waals surface area (Å²) in [7, 11) is 0. The van der Waals surface area contributed by atoms with E-state index in [4.69, 9.17) is 4.74 Å². The number of aromatic nitrogens is 2. The summed E-state index contributed by atoms with van der Waals surface area (Å²) in [6, 6.07) is 8.25. The topological polar surface area (TPSA) is 96.7 Å². The predicted octanol–water partition coefficient (Wildman–Crippen LogP) is 3.20. The maximum absolute atomic E-state index is 12.5. The van der Waals surface area contributed by atoms with Gasteiger partial charge in [0.15, 0.2) is 11.5 Å². The van der Waals surface area contributed by atoms with Crippen molar-refractivity contribution in [1.29, 1.82) is 0 Å². The number of benzene rings is 2. The molecule has 0 amide bonds. The smallest absolute Gasteiger partial charge is 0.349 e. The normalized spacial score (nSPS) is 11.3. The Labute approximate surface area is 164 Å². The Hall–Kier alpha value is -2.39. The molecule has 134 valence electrons. The van der Waals surface area contributed by atoms with Crippen molar-refractivity contribution in [3.05, 3.63) is 65.7 Å². The first-order valence-corrected chi connectivity index (χ1v) is 9.14. The van der Waals surface area contributed by atoms with Crippen LogP contribution in [-0.2, 0) is 0 Å². The summed E-state index contributed by atoms with van der Waals surface area (Å²) in [5.41, 5.74) is -0.220. The van der Waals surface area contributed by atoms with Crippen molar-refractivity contribution in [3.63, 3.8) is 0 Å². The van der Waals surface area contributed by atoms with Crippen molar-refractivity contribution >= 4 is 49.0 Å². The van der Waals surface area contributed by atoms with Gasteiger partial charge in [0.25, 0.3) is 5.56 Å². The zero-order valence-corrected chi connectivity index (χ0v) is 16.7. The van der Waals surface area contributed by atoms with Gasteiger partial charge in [-0.15, -0.1) is 4.68 Å². The fourth-order valence-electron chi connectivity index (χ4n) is 2.35. The monoisotopic (exact) mass is 481 g/mol. The lowest BCUT2D eigenvalue weighted by Crippen LogP contribution is -2.32. The Morgan fingerprint density at radius 3 is 2.73 bits per heavy atom. The SMILES string of the molecule is CCOc1cc(C=Nn2c(=O)[nH]c3ccccc3c2=O)c(Br)c(Br)c1O. The number of nitrogens with one attached hydrogen (secondary N) is 1. The van der Waals surface area contributed by atoms with Gasteiger partial charge in [0.05, 0.1) is 28.2 Å². The highest BCUT2D eigenvalue weighted by molar-refractivity contribution is 9.13. The summed E-state index contributed by atoms with van der Waals surface area (Å²) >= 11 is 6.60. The molecular formula is C17H13Br2N3O4. The first-order valence-electron chi connectivity index (χ1n) is 7.56. The van der Waals surface area contributed by atoms with Crippen LogP contribution >= 0.6 is 31.9 Å². The summed E-state index contributed by atoms with van der Waals surface area (Å²) in [5.74, 6) is 0.195. The average Bonchev–Trinajstić information content (AvgIpc) is 2.63. The number of ether oxygens (including phenoxy) is 1. The van der Waals surface area contributed by atoms with Crippen LogP contribution in [-0.4, -0.2) is 27.6 Å². The maximum Gasteiger partial charge on any atom is 0.349 e. The molecule has 7 nitrogen and oxygen atoms in total. The van der Waals surface area contributed by atoms with Crippen LogP contribution in [0.3, 0.4) is 0 Å². The highest BCUT2D eigenvalue weighted by Gasteiger charge is 2.14. The number of aromatic hydroxyl groups is 1. The van der Waals surface area contributed by atoms with Crippen LogP contribution < -0.4 is 16.0 Å². The van der Waals surface area contributed by atoms with Crippen LogP contribution in [0, 0.1) is 0 Å². The molecule has 0 saturated heterocycles. The second kappa shape index (κ2) is 7.46. The summed E-state index contributed by atoms with van der Waals surface area (Å²) in [6.45, 7) is 2.15. The minimum atomic E-state index is -0.649. The maximum atomic E-state index is 12.5. The molecule has 2 aromatic carbocycles. The van der Waals surface area contributed by atoms with Crippen LogP contribution in [0.2, 0.25) is 0 Å². The van der Waals surface area contributed by atoms with Crippen molar-refractivity contribution in [2.24, 2.45) is 5.10 Å². The van der Waals surface area contributed by atoms with Crippen molar-refractivity contribution in [2.45, 2.75) is 6.92 Å². The lowest BCUT2D eigenvalue weighted by atomic mass is 10.2. The van der Waals surface area contributed by atoms with Crippen molar-refractivity contribution in [1.82, 2.24) is 9.66 Å². The number of phenolic OH excluding ortho intramolecular Hbond substituents is 1. The fourth-order valence-corrected chi connectivity index (χ4v) is 3.18. The van der Waals surface area contributed by atoms with Crippen molar-refractivity contribution in [3.8, 4) is 11.5 Å². The number of rotatable bonds is 4. The largest absolute Gasteiger partial charge is 0.503 e. The summed E-state index contributed by atoms with van der Waals surface area (Å²) in [6.07, 6.45) is 1.34. The molecule has 0 spiro atoms. The molecule has 0 radical (unpaired) electrons. The lowest BCUT2D eigenvalue weighted by Gasteiger charge is -2.10. The molecule has 0 aliphatic carbocycles. The third kappa shape index (κ3) is 3.32. The zero-order chi connectivity index (χ0) is 18.8. The van der Waals surface area contributed by atoms with E-state index in [1.807, 2.05) is 0 Å². The van der Waals surface area contributed by atoms with E-state index in [9.17, 15) is 14.7 Å². The van der Waals surface area contributed by atoms with E-state index in [-0.39, 0.29) is 11.5 Å². The number of nitrogens with zero attached hydrogens (tertiary/aromatic N) is 2. The van der Waals surface area contributed by atoms with E-state index in [1.165, 1.54) is 6.21 Å². The van der Waals surface area contributed by atoms with Crippen LogP contribution in [0.1, 0.15) is 12.5 Å². The van der Waals surface area contributed by atoms with E-state index >= 15 is 0 Å². The first kappa shape index (κ1) is 18.4.